The third-order valence-electron chi connectivity index (χ3n) is 3.01. The van der Waals surface area contributed by atoms with Crippen LogP contribution in [0.5, 0.6) is 0 Å². The Balaban J connectivity index is 2.23. The molecule has 1 saturated carbocycles. The van der Waals surface area contributed by atoms with Gasteiger partial charge in [0, 0.05) is 0 Å². The van der Waals surface area contributed by atoms with Gasteiger partial charge in [0.25, 0.3) is 0 Å². The van der Waals surface area contributed by atoms with Gasteiger partial charge in [-0.15, -0.1) is 0 Å². The van der Waals surface area contributed by atoms with E-state index < -0.39 is 17.5 Å². The van der Waals surface area contributed by atoms with Crippen LogP contribution in [0.1, 0.15) is 18.4 Å². The van der Waals surface area contributed by atoms with Gasteiger partial charge in [0.05, 0.1) is 0 Å². The summed E-state index contributed by atoms with van der Waals surface area (Å²) in [6, 6.07) is 2.10. The molecule has 2 N–H and O–H groups in total. The lowest BCUT2D eigenvalue weighted by Crippen LogP contribution is -2.18. The topological polar surface area (TPSA) is 26.0 Å². The predicted octanol–water partition coefficient (Wildman–Crippen LogP) is 2.39. The van der Waals surface area contributed by atoms with Crippen LogP contribution in [0.25, 0.3) is 0 Å². The highest BCUT2D eigenvalue weighted by Crippen LogP contribution is 2.47. The van der Waals surface area contributed by atoms with Crippen LogP contribution in [-0.2, 0) is 6.42 Å². The fourth-order valence-corrected chi connectivity index (χ4v) is 1.77. The average Bonchev–Trinajstić information content (AvgIpc) is 2.95. The molecule has 1 aromatic rings. The first kappa shape index (κ1) is 10.5. The van der Waals surface area contributed by atoms with E-state index in [-0.39, 0.29) is 5.41 Å². The molecule has 2 rings (SSSR count). The molecule has 0 radical (unpaired) electrons. The van der Waals surface area contributed by atoms with Crippen molar-refractivity contribution in [2.75, 3.05) is 6.54 Å². The van der Waals surface area contributed by atoms with Crippen molar-refractivity contribution in [1.29, 1.82) is 0 Å². The SMILES string of the molecule is NCC1(Cc2cc(F)c(F)c(F)c2)CC1. The molecule has 0 unspecified atom stereocenters. The van der Waals surface area contributed by atoms with Crippen LogP contribution in [0.2, 0.25) is 0 Å². The van der Waals surface area contributed by atoms with Crippen LogP contribution in [0.3, 0.4) is 0 Å². The first-order chi connectivity index (χ1) is 7.06. The third-order valence-corrected chi connectivity index (χ3v) is 3.01. The van der Waals surface area contributed by atoms with E-state index in [1.54, 1.807) is 0 Å². The Morgan fingerprint density at radius 3 is 2.07 bits per heavy atom. The number of rotatable bonds is 3. The zero-order valence-electron chi connectivity index (χ0n) is 8.19. The van der Waals surface area contributed by atoms with Crippen LogP contribution in [-0.4, -0.2) is 6.54 Å². The molecule has 1 aromatic carbocycles. The van der Waals surface area contributed by atoms with Crippen molar-refractivity contribution in [2.45, 2.75) is 19.3 Å². The first-order valence-corrected chi connectivity index (χ1v) is 4.90. The Morgan fingerprint density at radius 2 is 1.67 bits per heavy atom. The Bertz CT molecular complexity index is 362. The van der Waals surface area contributed by atoms with Crippen molar-refractivity contribution in [3.05, 3.63) is 35.1 Å². The lowest BCUT2D eigenvalue weighted by Gasteiger charge is -2.12. The quantitative estimate of drug-likeness (QED) is 0.770. The largest absolute Gasteiger partial charge is 0.330 e. The summed E-state index contributed by atoms with van der Waals surface area (Å²) in [7, 11) is 0. The van der Waals surface area contributed by atoms with Crippen LogP contribution in [0, 0.1) is 22.9 Å². The maximum atomic E-state index is 12.9. The van der Waals surface area contributed by atoms with E-state index in [9.17, 15) is 13.2 Å². The van der Waals surface area contributed by atoms with Gasteiger partial charge < -0.3 is 5.73 Å². The van der Waals surface area contributed by atoms with E-state index in [4.69, 9.17) is 5.73 Å². The summed E-state index contributed by atoms with van der Waals surface area (Å²) in [4.78, 5) is 0. The number of nitrogens with two attached hydrogens (primary N) is 1. The highest BCUT2D eigenvalue weighted by Gasteiger charge is 2.41. The maximum Gasteiger partial charge on any atom is 0.194 e. The number of halogens is 3. The van der Waals surface area contributed by atoms with Gasteiger partial charge in [-0.25, -0.2) is 13.2 Å². The lowest BCUT2D eigenvalue weighted by atomic mass is 9.96. The van der Waals surface area contributed by atoms with E-state index >= 15 is 0 Å². The van der Waals surface area contributed by atoms with E-state index in [1.165, 1.54) is 0 Å². The minimum atomic E-state index is -1.41. The molecule has 15 heavy (non-hydrogen) atoms. The fourth-order valence-electron chi connectivity index (χ4n) is 1.77. The van der Waals surface area contributed by atoms with E-state index in [0.29, 0.717) is 18.5 Å². The molecule has 1 nitrogen and oxygen atoms in total. The highest BCUT2D eigenvalue weighted by atomic mass is 19.2. The first-order valence-electron chi connectivity index (χ1n) is 4.90. The molecule has 4 heteroatoms. The second kappa shape index (κ2) is 3.52. The molecule has 0 saturated heterocycles. The van der Waals surface area contributed by atoms with Gasteiger partial charge in [-0.1, -0.05) is 0 Å². The third kappa shape index (κ3) is 2.00. The van der Waals surface area contributed by atoms with Crippen molar-refractivity contribution in [1.82, 2.24) is 0 Å². The van der Waals surface area contributed by atoms with E-state index in [1.807, 2.05) is 0 Å². The molecular formula is C11H12F3N. The summed E-state index contributed by atoms with van der Waals surface area (Å²) in [5.41, 5.74) is 6.04. The normalized spacial score (nSPS) is 17.9. The van der Waals surface area contributed by atoms with Crippen molar-refractivity contribution in [3.63, 3.8) is 0 Å². The van der Waals surface area contributed by atoms with Crippen molar-refractivity contribution >= 4 is 0 Å². The second-order valence-electron chi connectivity index (χ2n) is 4.25. The minimum Gasteiger partial charge on any atom is -0.330 e. The van der Waals surface area contributed by atoms with E-state index in [0.717, 1.165) is 25.0 Å². The highest BCUT2D eigenvalue weighted by molar-refractivity contribution is 5.22. The zero-order valence-corrected chi connectivity index (χ0v) is 8.19. The smallest absolute Gasteiger partial charge is 0.194 e. The molecule has 1 aliphatic rings. The molecule has 1 fully saturated rings. The summed E-state index contributed by atoms with van der Waals surface area (Å²) in [5.74, 6) is -3.66. The Labute approximate surface area is 86.1 Å². The van der Waals surface area contributed by atoms with Crippen LogP contribution in [0.15, 0.2) is 12.1 Å². The van der Waals surface area contributed by atoms with Gasteiger partial charge in [0.15, 0.2) is 17.5 Å². The van der Waals surface area contributed by atoms with Crippen molar-refractivity contribution in [2.24, 2.45) is 11.1 Å². The molecule has 0 heterocycles. The molecule has 1 aliphatic carbocycles. The minimum absolute atomic E-state index is 0.00326. The van der Waals surface area contributed by atoms with Crippen LogP contribution >= 0.6 is 0 Å². The van der Waals surface area contributed by atoms with Gasteiger partial charge in [0.2, 0.25) is 0 Å². The molecule has 0 aliphatic heterocycles. The summed E-state index contributed by atoms with van der Waals surface area (Å²) in [5, 5.41) is 0. The fraction of sp³-hybridized carbons (Fsp3) is 0.455. The molecular weight excluding hydrogens is 203 g/mol. The van der Waals surface area contributed by atoms with Gasteiger partial charge in [0.1, 0.15) is 0 Å². The molecule has 0 amide bonds. The summed E-state index contributed by atoms with van der Waals surface area (Å²) in [6.07, 6.45) is 2.48. The van der Waals surface area contributed by atoms with Gasteiger partial charge >= 0.3 is 0 Å². The Kier molecular flexibility index (Phi) is 2.46. The van der Waals surface area contributed by atoms with Gasteiger partial charge in [-0.2, -0.15) is 0 Å². The standard InChI is InChI=1S/C11H12F3N/c12-8-3-7(4-9(13)10(8)14)5-11(6-15)1-2-11/h3-4H,1-2,5-6,15H2. The maximum absolute atomic E-state index is 12.9. The summed E-state index contributed by atoms with van der Waals surface area (Å²) >= 11 is 0. The van der Waals surface area contributed by atoms with Crippen LogP contribution < -0.4 is 5.73 Å². The monoisotopic (exact) mass is 215 g/mol. The lowest BCUT2D eigenvalue weighted by molar-refractivity contribution is 0.441. The Morgan fingerprint density at radius 1 is 1.13 bits per heavy atom. The zero-order chi connectivity index (χ0) is 11.1. The van der Waals surface area contributed by atoms with Crippen LogP contribution in [0.4, 0.5) is 13.2 Å². The average molecular weight is 215 g/mol. The van der Waals surface area contributed by atoms with E-state index in [2.05, 4.69) is 0 Å². The number of hydrogen-bond donors (Lipinski definition) is 1. The van der Waals surface area contributed by atoms with Gasteiger partial charge in [-0.3, -0.25) is 0 Å². The molecule has 0 spiro atoms. The summed E-state index contributed by atoms with van der Waals surface area (Å²) in [6.45, 7) is 0.508. The van der Waals surface area contributed by atoms with Crippen molar-refractivity contribution in [3.8, 4) is 0 Å². The molecule has 0 atom stereocenters. The number of benzene rings is 1. The number of hydrogen-bond acceptors (Lipinski definition) is 1. The van der Waals surface area contributed by atoms with Crippen molar-refractivity contribution < 1.29 is 13.2 Å². The predicted molar refractivity (Wildman–Crippen MR) is 50.7 cm³/mol. The van der Waals surface area contributed by atoms with Gasteiger partial charge in [-0.05, 0) is 48.9 Å². The molecule has 0 bridgehead atoms. The summed E-state index contributed by atoms with van der Waals surface area (Å²) < 4.78 is 38.5. The molecule has 82 valence electrons. The Hall–Kier alpha value is -1.03. The molecule has 0 aromatic heterocycles. The second-order valence-corrected chi connectivity index (χ2v) is 4.25.